The Morgan fingerprint density at radius 2 is 2.15 bits per heavy atom. The summed E-state index contributed by atoms with van der Waals surface area (Å²) in [6.45, 7) is 6.39. The average Bonchev–Trinajstić information content (AvgIpc) is 2.39. The molecule has 5 nitrogen and oxygen atoms in total. The van der Waals surface area contributed by atoms with Gasteiger partial charge < -0.3 is 10.6 Å². The van der Waals surface area contributed by atoms with Crippen LogP contribution in [-0.4, -0.2) is 42.5 Å². The number of halogens is 1. The molecule has 0 aliphatic rings. The molecule has 0 fully saturated rings. The second kappa shape index (κ2) is 8.76. The van der Waals surface area contributed by atoms with E-state index >= 15 is 0 Å². The summed E-state index contributed by atoms with van der Waals surface area (Å²) in [5.41, 5.74) is 0.777. The molecule has 0 aliphatic carbocycles. The minimum absolute atomic E-state index is 0.00591. The predicted molar refractivity (Wildman–Crippen MR) is 83.0 cm³/mol. The monoisotopic (exact) mass is 298 g/mol. The lowest BCUT2D eigenvalue weighted by atomic mass is 10.3. The molecule has 0 saturated heterocycles. The highest BCUT2D eigenvalue weighted by molar-refractivity contribution is 6.31. The number of nitrogens with one attached hydrogen (secondary N) is 2. The number of likely N-dealkylation sites (N-methyl/N-ethyl adjacent to an activating group) is 2. The van der Waals surface area contributed by atoms with Crippen molar-refractivity contribution >= 4 is 23.3 Å². The third kappa shape index (κ3) is 5.75. The van der Waals surface area contributed by atoms with E-state index in [1.165, 1.54) is 0 Å². The van der Waals surface area contributed by atoms with Crippen molar-refractivity contribution in [3.63, 3.8) is 0 Å². The first-order chi connectivity index (χ1) is 9.56. The number of hydrogen-bond acceptors (Lipinski definition) is 4. The van der Waals surface area contributed by atoms with E-state index in [4.69, 9.17) is 11.6 Å². The van der Waals surface area contributed by atoms with Crippen LogP contribution in [0.25, 0.3) is 0 Å². The standard InChI is InChI=1S/C14H23ClN4O/c1-4-8-17-13-7-6-11(15)12(18-13)9-19(3)10-14(20)16-5-2/h6-7H,4-5,8-10H2,1-3H3,(H,16,20)(H,17,18). The number of pyridine rings is 1. The normalized spacial score (nSPS) is 10.7. The Morgan fingerprint density at radius 1 is 1.40 bits per heavy atom. The SMILES string of the molecule is CCCNc1ccc(Cl)c(CN(C)CC(=O)NCC)n1. The van der Waals surface area contributed by atoms with Gasteiger partial charge in [0.1, 0.15) is 5.82 Å². The first kappa shape index (κ1) is 16.7. The summed E-state index contributed by atoms with van der Waals surface area (Å²) in [7, 11) is 1.87. The van der Waals surface area contributed by atoms with Gasteiger partial charge in [-0.3, -0.25) is 9.69 Å². The maximum atomic E-state index is 11.5. The Kier molecular flexibility index (Phi) is 7.33. The van der Waals surface area contributed by atoms with Crippen LogP contribution in [-0.2, 0) is 11.3 Å². The van der Waals surface area contributed by atoms with E-state index in [0.29, 0.717) is 24.7 Å². The molecule has 1 heterocycles. The lowest BCUT2D eigenvalue weighted by molar-refractivity contribution is -0.121. The minimum atomic E-state index is 0.00591. The number of rotatable bonds is 8. The van der Waals surface area contributed by atoms with Crippen molar-refractivity contribution in [2.45, 2.75) is 26.8 Å². The van der Waals surface area contributed by atoms with Gasteiger partial charge in [-0.15, -0.1) is 0 Å². The molecular weight excluding hydrogens is 276 g/mol. The molecule has 20 heavy (non-hydrogen) atoms. The Bertz CT molecular complexity index is 439. The topological polar surface area (TPSA) is 57.3 Å². The minimum Gasteiger partial charge on any atom is -0.370 e. The van der Waals surface area contributed by atoms with Crippen molar-refractivity contribution in [1.29, 1.82) is 0 Å². The summed E-state index contributed by atoms with van der Waals surface area (Å²) in [6, 6.07) is 3.70. The first-order valence-corrected chi connectivity index (χ1v) is 7.29. The van der Waals surface area contributed by atoms with E-state index in [9.17, 15) is 4.79 Å². The van der Waals surface area contributed by atoms with Crippen LogP contribution in [0.2, 0.25) is 5.02 Å². The molecule has 0 unspecified atom stereocenters. The van der Waals surface area contributed by atoms with E-state index in [1.807, 2.05) is 31.0 Å². The fraction of sp³-hybridized carbons (Fsp3) is 0.571. The third-order valence-electron chi connectivity index (χ3n) is 2.68. The number of nitrogens with zero attached hydrogens (tertiary/aromatic N) is 2. The van der Waals surface area contributed by atoms with Gasteiger partial charge in [-0.05, 0) is 32.5 Å². The quantitative estimate of drug-likeness (QED) is 0.772. The number of carbonyl (C=O) groups excluding carboxylic acids is 1. The van der Waals surface area contributed by atoms with Crippen molar-refractivity contribution in [3.8, 4) is 0 Å². The first-order valence-electron chi connectivity index (χ1n) is 6.91. The van der Waals surface area contributed by atoms with Crippen molar-refractivity contribution < 1.29 is 4.79 Å². The van der Waals surface area contributed by atoms with Crippen LogP contribution < -0.4 is 10.6 Å². The van der Waals surface area contributed by atoms with Crippen LogP contribution >= 0.6 is 11.6 Å². The molecule has 1 amide bonds. The summed E-state index contributed by atoms with van der Waals surface area (Å²) in [5, 5.41) is 6.62. The van der Waals surface area contributed by atoms with Gasteiger partial charge in [0.15, 0.2) is 0 Å². The lowest BCUT2D eigenvalue weighted by Gasteiger charge is -2.17. The van der Waals surface area contributed by atoms with E-state index in [1.54, 1.807) is 0 Å². The van der Waals surface area contributed by atoms with E-state index in [-0.39, 0.29) is 5.91 Å². The number of hydrogen-bond donors (Lipinski definition) is 2. The number of amides is 1. The molecule has 0 radical (unpaired) electrons. The molecule has 0 atom stereocenters. The van der Waals surface area contributed by atoms with Crippen molar-refractivity contribution in [2.24, 2.45) is 0 Å². The average molecular weight is 299 g/mol. The summed E-state index contributed by atoms with van der Waals surface area (Å²) >= 11 is 6.15. The Labute approximate surface area is 125 Å². The molecule has 0 spiro atoms. The predicted octanol–water partition coefficient (Wildman–Crippen LogP) is 2.12. The van der Waals surface area contributed by atoms with Crippen LogP contribution in [0.3, 0.4) is 0 Å². The summed E-state index contributed by atoms with van der Waals surface area (Å²) in [4.78, 5) is 17.9. The van der Waals surface area contributed by atoms with Gasteiger partial charge in [-0.2, -0.15) is 0 Å². The Hall–Kier alpha value is -1.33. The van der Waals surface area contributed by atoms with Crippen LogP contribution in [0.4, 0.5) is 5.82 Å². The zero-order valence-corrected chi connectivity index (χ0v) is 13.1. The second-order valence-electron chi connectivity index (χ2n) is 4.68. The highest BCUT2D eigenvalue weighted by Gasteiger charge is 2.10. The van der Waals surface area contributed by atoms with E-state index < -0.39 is 0 Å². The lowest BCUT2D eigenvalue weighted by Crippen LogP contribution is -2.34. The molecule has 112 valence electrons. The van der Waals surface area contributed by atoms with Crippen molar-refractivity contribution in [2.75, 3.05) is 32.0 Å². The van der Waals surface area contributed by atoms with Crippen molar-refractivity contribution in [1.82, 2.24) is 15.2 Å². The molecular formula is C14H23ClN4O. The molecule has 0 aliphatic heterocycles. The number of anilines is 1. The molecule has 0 saturated carbocycles. The van der Waals surface area contributed by atoms with Crippen LogP contribution in [0, 0.1) is 0 Å². The Balaban J connectivity index is 2.63. The zero-order chi connectivity index (χ0) is 15.0. The molecule has 0 bridgehead atoms. The van der Waals surface area contributed by atoms with Gasteiger partial charge in [0.05, 0.1) is 17.3 Å². The van der Waals surface area contributed by atoms with Crippen LogP contribution in [0.15, 0.2) is 12.1 Å². The summed E-state index contributed by atoms with van der Waals surface area (Å²) < 4.78 is 0. The van der Waals surface area contributed by atoms with Crippen LogP contribution in [0.1, 0.15) is 26.0 Å². The van der Waals surface area contributed by atoms with Crippen LogP contribution in [0.5, 0.6) is 0 Å². The van der Waals surface area contributed by atoms with Crippen molar-refractivity contribution in [3.05, 3.63) is 22.8 Å². The molecule has 1 aromatic rings. The molecule has 1 aromatic heterocycles. The van der Waals surface area contributed by atoms with Gasteiger partial charge in [0.25, 0.3) is 0 Å². The summed E-state index contributed by atoms with van der Waals surface area (Å²) in [5.74, 6) is 0.823. The van der Waals surface area contributed by atoms with Gasteiger partial charge >= 0.3 is 0 Å². The smallest absolute Gasteiger partial charge is 0.234 e. The molecule has 0 aromatic carbocycles. The molecule has 6 heteroatoms. The highest BCUT2D eigenvalue weighted by Crippen LogP contribution is 2.18. The highest BCUT2D eigenvalue weighted by atomic mass is 35.5. The maximum Gasteiger partial charge on any atom is 0.234 e. The van der Waals surface area contributed by atoms with Gasteiger partial charge in [-0.25, -0.2) is 4.98 Å². The van der Waals surface area contributed by atoms with Gasteiger partial charge in [0, 0.05) is 19.6 Å². The van der Waals surface area contributed by atoms with E-state index in [0.717, 1.165) is 24.5 Å². The summed E-state index contributed by atoms with van der Waals surface area (Å²) in [6.07, 6.45) is 1.04. The van der Waals surface area contributed by atoms with E-state index in [2.05, 4.69) is 22.5 Å². The Morgan fingerprint density at radius 3 is 2.80 bits per heavy atom. The number of carbonyl (C=O) groups is 1. The maximum absolute atomic E-state index is 11.5. The second-order valence-corrected chi connectivity index (χ2v) is 5.08. The third-order valence-corrected chi connectivity index (χ3v) is 3.03. The zero-order valence-electron chi connectivity index (χ0n) is 12.4. The molecule has 2 N–H and O–H groups in total. The van der Waals surface area contributed by atoms with Gasteiger partial charge in [0.2, 0.25) is 5.91 Å². The number of aromatic nitrogens is 1. The van der Waals surface area contributed by atoms with Gasteiger partial charge in [-0.1, -0.05) is 18.5 Å². The molecule has 1 rings (SSSR count). The fourth-order valence-electron chi connectivity index (χ4n) is 1.76. The fourth-order valence-corrected chi connectivity index (χ4v) is 1.92. The largest absolute Gasteiger partial charge is 0.370 e.